The lowest BCUT2D eigenvalue weighted by Gasteiger charge is -2.28. The SMILES string of the molecule is CC(C)C[C@@H]1CCCC[C@H]1O. The first-order chi connectivity index (χ1) is 5.20. The zero-order chi connectivity index (χ0) is 8.27. The third-order valence-electron chi connectivity index (χ3n) is 2.64. The van der Waals surface area contributed by atoms with Gasteiger partial charge in [-0.2, -0.15) is 0 Å². The number of rotatable bonds is 2. The maximum Gasteiger partial charge on any atom is 0.0568 e. The van der Waals surface area contributed by atoms with Crippen LogP contribution in [0.1, 0.15) is 46.0 Å². The molecule has 2 atom stereocenters. The summed E-state index contributed by atoms with van der Waals surface area (Å²) in [6.45, 7) is 4.47. The predicted molar refractivity (Wildman–Crippen MR) is 47.4 cm³/mol. The van der Waals surface area contributed by atoms with Gasteiger partial charge in [-0.15, -0.1) is 0 Å². The van der Waals surface area contributed by atoms with Gasteiger partial charge in [-0.1, -0.05) is 26.7 Å². The van der Waals surface area contributed by atoms with Crippen molar-refractivity contribution < 1.29 is 5.11 Å². The zero-order valence-corrected chi connectivity index (χ0v) is 7.71. The molecule has 1 rings (SSSR count). The van der Waals surface area contributed by atoms with Crippen LogP contribution in [-0.2, 0) is 0 Å². The van der Waals surface area contributed by atoms with Crippen molar-refractivity contribution in [1.82, 2.24) is 0 Å². The number of hydrogen-bond donors (Lipinski definition) is 1. The molecular formula is C10H20O. The smallest absolute Gasteiger partial charge is 0.0568 e. The summed E-state index contributed by atoms with van der Waals surface area (Å²) in [5.74, 6) is 1.34. The fourth-order valence-electron chi connectivity index (χ4n) is 2.07. The van der Waals surface area contributed by atoms with E-state index in [1.54, 1.807) is 0 Å². The first-order valence-corrected chi connectivity index (χ1v) is 4.88. The second-order valence-electron chi connectivity index (χ2n) is 4.24. The molecule has 1 nitrogen and oxygen atoms in total. The standard InChI is InChI=1S/C10H20O/c1-8(2)7-9-5-3-4-6-10(9)11/h8-11H,3-7H2,1-2H3/t9-,10+/m0/s1. The molecule has 0 amide bonds. The third kappa shape index (κ3) is 2.82. The summed E-state index contributed by atoms with van der Waals surface area (Å²) in [7, 11) is 0. The van der Waals surface area contributed by atoms with Crippen LogP contribution in [-0.4, -0.2) is 11.2 Å². The van der Waals surface area contributed by atoms with Crippen molar-refractivity contribution in [2.75, 3.05) is 0 Å². The van der Waals surface area contributed by atoms with Crippen LogP contribution in [0, 0.1) is 11.8 Å². The molecule has 66 valence electrons. The molecule has 0 spiro atoms. The minimum absolute atomic E-state index is 0.00569. The number of hydrogen-bond acceptors (Lipinski definition) is 1. The van der Waals surface area contributed by atoms with Gasteiger partial charge in [0.25, 0.3) is 0 Å². The molecule has 1 heteroatoms. The lowest BCUT2D eigenvalue weighted by atomic mass is 9.81. The molecule has 0 unspecified atom stereocenters. The van der Waals surface area contributed by atoms with E-state index >= 15 is 0 Å². The molecule has 0 saturated heterocycles. The van der Waals surface area contributed by atoms with Gasteiger partial charge in [0, 0.05) is 0 Å². The Hall–Kier alpha value is -0.0400. The largest absolute Gasteiger partial charge is 0.393 e. The normalized spacial score (nSPS) is 32.7. The van der Waals surface area contributed by atoms with Crippen molar-refractivity contribution in [2.24, 2.45) is 11.8 Å². The highest BCUT2D eigenvalue weighted by Gasteiger charge is 2.23. The van der Waals surface area contributed by atoms with Crippen LogP contribution < -0.4 is 0 Å². The molecule has 1 fully saturated rings. The van der Waals surface area contributed by atoms with Gasteiger partial charge in [0.1, 0.15) is 0 Å². The Balaban J connectivity index is 2.29. The summed E-state index contributed by atoms with van der Waals surface area (Å²) in [5.41, 5.74) is 0. The second kappa shape index (κ2) is 4.10. The average Bonchev–Trinajstić information content (AvgIpc) is 1.93. The molecule has 0 aliphatic heterocycles. The second-order valence-corrected chi connectivity index (χ2v) is 4.24. The van der Waals surface area contributed by atoms with Crippen LogP contribution in [0.2, 0.25) is 0 Å². The van der Waals surface area contributed by atoms with Gasteiger partial charge < -0.3 is 5.11 Å². The van der Waals surface area contributed by atoms with E-state index in [0.717, 1.165) is 12.3 Å². The molecule has 0 aromatic heterocycles. The Morgan fingerprint density at radius 2 is 1.91 bits per heavy atom. The first kappa shape index (κ1) is 9.05. The summed E-state index contributed by atoms with van der Waals surface area (Å²) < 4.78 is 0. The lowest BCUT2D eigenvalue weighted by Crippen LogP contribution is -2.25. The van der Waals surface area contributed by atoms with E-state index in [-0.39, 0.29) is 6.10 Å². The predicted octanol–water partition coefficient (Wildman–Crippen LogP) is 2.58. The summed E-state index contributed by atoms with van der Waals surface area (Å²) in [6.07, 6.45) is 6.06. The lowest BCUT2D eigenvalue weighted by molar-refractivity contribution is 0.0587. The Morgan fingerprint density at radius 3 is 2.45 bits per heavy atom. The van der Waals surface area contributed by atoms with Crippen LogP contribution >= 0.6 is 0 Å². The minimum Gasteiger partial charge on any atom is -0.393 e. The Morgan fingerprint density at radius 1 is 1.27 bits per heavy atom. The van der Waals surface area contributed by atoms with Crippen LogP contribution in [0.5, 0.6) is 0 Å². The van der Waals surface area contributed by atoms with Crippen molar-refractivity contribution in [2.45, 2.75) is 52.1 Å². The van der Waals surface area contributed by atoms with Gasteiger partial charge >= 0.3 is 0 Å². The van der Waals surface area contributed by atoms with Crippen LogP contribution in [0.15, 0.2) is 0 Å². The molecule has 0 aromatic carbocycles. The highest BCUT2D eigenvalue weighted by atomic mass is 16.3. The third-order valence-corrected chi connectivity index (χ3v) is 2.64. The Kier molecular flexibility index (Phi) is 3.38. The van der Waals surface area contributed by atoms with Crippen molar-refractivity contribution in [3.05, 3.63) is 0 Å². The van der Waals surface area contributed by atoms with Gasteiger partial charge in [0.05, 0.1) is 6.10 Å². The number of aliphatic hydroxyl groups excluding tert-OH is 1. The average molecular weight is 156 g/mol. The molecule has 11 heavy (non-hydrogen) atoms. The maximum absolute atomic E-state index is 9.62. The van der Waals surface area contributed by atoms with Crippen LogP contribution in [0.3, 0.4) is 0 Å². The van der Waals surface area contributed by atoms with E-state index < -0.39 is 0 Å². The van der Waals surface area contributed by atoms with E-state index in [2.05, 4.69) is 13.8 Å². The molecule has 1 N–H and O–H groups in total. The van der Waals surface area contributed by atoms with Crippen molar-refractivity contribution in [1.29, 1.82) is 0 Å². The van der Waals surface area contributed by atoms with E-state index in [9.17, 15) is 5.11 Å². The van der Waals surface area contributed by atoms with Gasteiger partial charge in [-0.25, -0.2) is 0 Å². The molecule has 1 saturated carbocycles. The Labute approximate surface area is 69.8 Å². The quantitative estimate of drug-likeness (QED) is 0.651. The Bertz CT molecular complexity index is 109. The van der Waals surface area contributed by atoms with Crippen molar-refractivity contribution in [3.8, 4) is 0 Å². The molecule has 0 radical (unpaired) electrons. The van der Waals surface area contributed by atoms with Gasteiger partial charge in [0.2, 0.25) is 0 Å². The van der Waals surface area contributed by atoms with Gasteiger partial charge in [-0.05, 0) is 31.1 Å². The summed E-state index contributed by atoms with van der Waals surface area (Å²) >= 11 is 0. The minimum atomic E-state index is 0.00569. The summed E-state index contributed by atoms with van der Waals surface area (Å²) in [5, 5.41) is 9.62. The molecule has 1 aliphatic carbocycles. The topological polar surface area (TPSA) is 20.2 Å². The monoisotopic (exact) mass is 156 g/mol. The van der Waals surface area contributed by atoms with Crippen molar-refractivity contribution >= 4 is 0 Å². The van der Waals surface area contributed by atoms with Gasteiger partial charge in [0.15, 0.2) is 0 Å². The molecule has 0 heterocycles. The molecular weight excluding hydrogens is 136 g/mol. The van der Waals surface area contributed by atoms with E-state index in [1.165, 1.54) is 25.7 Å². The fourth-order valence-corrected chi connectivity index (χ4v) is 2.07. The van der Waals surface area contributed by atoms with Crippen LogP contribution in [0.4, 0.5) is 0 Å². The highest BCUT2D eigenvalue weighted by Crippen LogP contribution is 2.29. The van der Waals surface area contributed by atoms with Crippen LogP contribution in [0.25, 0.3) is 0 Å². The molecule has 1 aliphatic rings. The van der Waals surface area contributed by atoms with E-state index in [4.69, 9.17) is 0 Å². The fraction of sp³-hybridized carbons (Fsp3) is 1.00. The maximum atomic E-state index is 9.62. The summed E-state index contributed by atoms with van der Waals surface area (Å²) in [6, 6.07) is 0. The van der Waals surface area contributed by atoms with E-state index in [0.29, 0.717) is 5.92 Å². The van der Waals surface area contributed by atoms with E-state index in [1.807, 2.05) is 0 Å². The summed E-state index contributed by atoms with van der Waals surface area (Å²) in [4.78, 5) is 0. The molecule has 0 bridgehead atoms. The number of aliphatic hydroxyl groups is 1. The molecule has 0 aromatic rings. The van der Waals surface area contributed by atoms with Gasteiger partial charge in [-0.3, -0.25) is 0 Å². The zero-order valence-electron chi connectivity index (χ0n) is 7.71. The first-order valence-electron chi connectivity index (χ1n) is 4.88. The van der Waals surface area contributed by atoms with Crippen molar-refractivity contribution in [3.63, 3.8) is 0 Å². The highest BCUT2D eigenvalue weighted by molar-refractivity contribution is 4.74.